The van der Waals surface area contributed by atoms with E-state index in [2.05, 4.69) is 10.3 Å². The van der Waals surface area contributed by atoms with Crippen LogP contribution in [0.2, 0.25) is 0 Å². The highest BCUT2D eigenvalue weighted by Crippen LogP contribution is 2.25. The monoisotopic (exact) mass is 618 g/mol. The smallest absolute Gasteiger partial charge is 0.328 e. The van der Waals surface area contributed by atoms with Gasteiger partial charge in [-0.15, -0.1) is 0 Å². The largest absolute Gasteiger partial charge is 0.493 e. The molecule has 5 rings (SSSR count). The molecule has 46 heavy (non-hydrogen) atoms. The lowest BCUT2D eigenvalue weighted by Gasteiger charge is -2.20. The molecule has 1 unspecified atom stereocenters. The van der Waals surface area contributed by atoms with Crippen LogP contribution >= 0.6 is 0 Å². The highest BCUT2D eigenvalue weighted by Gasteiger charge is 2.23. The molecule has 0 saturated carbocycles. The minimum Gasteiger partial charge on any atom is -0.493 e. The van der Waals surface area contributed by atoms with Gasteiger partial charge < -0.3 is 23.9 Å². The quantitative estimate of drug-likeness (QED) is 0.0822. The highest BCUT2D eigenvalue weighted by atomic mass is 16.5. The molecule has 1 aromatic heterocycles. The molecule has 0 amide bonds. The van der Waals surface area contributed by atoms with Crippen molar-refractivity contribution >= 4 is 23.7 Å². The van der Waals surface area contributed by atoms with Gasteiger partial charge in [-0.25, -0.2) is 9.78 Å². The summed E-state index contributed by atoms with van der Waals surface area (Å²) in [7, 11) is 1.33. The molecule has 0 radical (unpaired) electrons. The Morgan fingerprint density at radius 2 is 1.65 bits per heavy atom. The van der Waals surface area contributed by atoms with Crippen molar-refractivity contribution in [3.8, 4) is 23.0 Å². The molecule has 0 spiro atoms. The zero-order valence-electron chi connectivity index (χ0n) is 25.6. The van der Waals surface area contributed by atoms with Gasteiger partial charge in [-0.2, -0.15) is 0 Å². The van der Waals surface area contributed by atoms with Gasteiger partial charge in [0.25, 0.3) is 0 Å². The van der Waals surface area contributed by atoms with Crippen molar-refractivity contribution < 1.29 is 33.0 Å². The van der Waals surface area contributed by atoms with Gasteiger partial charge in [-0.1, -0.05) is 54.6 Å². The maximum atomic E-state index is 13.5. The van der Waals surface area contributed by atoms with Crippen LogP contribution in [-0.2, 0) is 27.2 Å². The maximum absolute atomic E-state index is 13.5. The van der Waals surface area contributed by atoms with Crippen molar-refractivity contribution in [3.05, 3.63) is 131 Å². The average molecular weight is 619 g/mol. The van der Waals surface area contributed by atoms with Crippen LogP contribution in [0.4, 0.5) is 5.69 Å². The molecule has 1 atom stereocenters. The number of hydrogen-bond acceptors (Lipinski definition) is 9. The van der Waals surface area contributed by atoms with Crippen molar-refractivity contribution in [1.82, 2.24) is 4.98 Å². The first-order valence-electron chi connectivity index (χ1n) is 14.8. The Hall–Kier alpha value is -5.70. The van der Waals surface area contributed by atoms with E-state index < -0.39 is 12.0 Å². The van der Waals surface area contributed by atoms with Crippen molar-refractivity contribution in [2.45, 2.75) is 25.8 Å². The number of aryl methyl sites for hydroxylation is 1. The fourth-order valence-corrected chi connectivity index (χ4v) is 4.93. The van der Waals surface area contributed by atoms with Crippen LogP contribution in [0.1, 0.15) is 32.9 Å². The number of aldehydes is 1. The molecule has 0 saturated heterocycles. The fourth-order valence-electron chi connectivity index (χ4n) is 4.93. The molecule has 9 nitrogen and oxygen atoms in total. The number of methoxy groups -OCH3 is 1. The zero-order valence-corrected chi connectivity index (χ0v) is 25.6. The second-order valence-corrected chi connectivity index (χ2v) is 10.4. The van der Waals surface area contributed by atoms with Gasteiger partial charge in [0.15, 0.2) is 12.1 Å². The number of benzene rings is 4. The number of hydrogen-bond donors (Lipinski definition) is 1. The van der Waals surface area contributed by atoms with Gasteiger partial charge in [0.1, 0.15) is 29.9 Å². The number of carbonyl (C=O) groups excluding carboxylic acids is 3. The zero-order chi connectivity index (χ0) is 32.3. The van der Waals surface area contributed by atoms with E-state index in [9.17, 15) is 14.4 Å². The van der Waals surface area contributed by atoms with Crippen LogP contribution < -0.4 is 14.8 Å². The van der Waals surface area contributed by atoms with Crippen LogP contribution in [0, 0.1) is 6.92 Å². The molecule has 4 aromatic carbocycles. The third kappa shape index (κ3) is 8.06. The van der Waals surface area contributed by atoms with Crippen LogP contribution in [0.5, 0.6) is 11.5 Å². The summed E-state index contributed by atoms with van der Waals surface area (Å²) in [4.78, 5) is 41.6. The molecular formula is C37H34N2O7. The molecule has 9 heteroatoms. The summed E-state index contributed by atoms with van der Waals surface area (Å²) in [6, 6.07) is 30.1. The second kappa shape index (κ2) is 15.3. The third-order valence-electron chi connectivity index (χ3n) is 7.29. The number of esters is 1. The van der Waals surface area contributed by atoms with Gasteiger partial charge in [-0.05, 0) is 61.0 Å². The summed E-state index contributed by atoms with van der Waals surface area (Å²) in [6.07, 6.45) is 1.54. The normalized spacial score (nSPS) is 11.3. The van der Waals surface area contributed by atoms with E-state index in [1.807, 2.05) is 61.5 Å². The number of para-hydroxylation sites is 1. The van der Waals surface area contributed by atoms with Crippen molar-refractivity contribution in [1.29, 1.82) is 0 Å². The summed E-state index contributed by atoms with van der Waals surface area (Å²) in [5, 5.41) is 3.21. The lowest BCUT2D eigenvalue weighted by Crippen LogP contribution is -2.33. The number of aromatic nitrogens is 1. The lowest BCUT2D eigenvalue weighted by atomic mass is 10.00. The fraction of sp³-hybridized carbons (Fsp3) is 0.189. The topological polar surface area (TPSA) is 117 Å². The molecule has 1 heterocycles. The van der Waals surface area contributed by atoms with Gasteiger partial charge in [0, 0.05) is 35.2 Å². The van der Waals surface area contributed by atoms with Crippen LogP contribution in [0.15, 0.2) is 108 Å². The number of anilines is 1. The lowest BCUT2D eigenvalue weighted by molar-refractivity contribution is -0.141. The Morgan fingerprint density at radius 3 is 2.41 bits per heavy atom. The molecule has 1 N–H and O–H groups in total. The minimum absolute atomic E-state index is 0.109. The molecule has 234 valence electrons. The molecule has 0 bridgehead atoms. The van der Waals surface area contributed by atoms with Crippen molar-refractivity contribution in [3.63, 3.8) is 0 Å². The van der Waals surface area contributed by atoms with Crippen molar-refractivity contribution in [2.24, 2.45) is 0 Å². The van der Waals surface area contributed by atoms with Crippen LogP contribution in [0.25, 0.3) is 11.5 Å². The van der Waals surface area contributed by atoms with E-state index in [4.69, 9.17) is 18.6 Å². The minimum atomic E-state index is -0.762. The Morgan fingerprint density at radius 1 is 0.891 bits per heavy atom. The summed E-state index contributed by atoms with van der Waals surface area (Å²) in [6.45, 7) is 2.21. The number of ketones is 1. The number of carbonyl (C=O) groups is 3. The maximum Gasteiger partial charge on any atom is 0.328 e. The summed E-state index contributed by atoms with van der Waals surface area (Å²) in [5.74, 6) is 1.72. The summed E-state index contributed by atoms with van der Waals surface area (Å²) >= 11 is 0. The molecule has 0 aliphatic heterocycles. The van der Waals surface area contributed by atoms with Crippen molar-refractivity contribution in [2.75, 3.05) is 25.6 Å². The molecule has 0 aliphatic rings. The standard InChI is InChI=1S/C37H34N2O7/c1-25-32(39-36(46-25)27-9-4-3-5-10-27)19-21-44-29-17-15-26(16-18-29)23-34(37(42)43-2)38-33-14-7-6-13-31(33)35(41)28-11-8-12-30(24-28)45-22-20-40/h3-18,20,24,34,38H,19,21-23H2,1-2H3. The van der Waals surface area contributed by atoms with Gasteiger partial charge >= 0.3 is 5.97 Å². The first kappa shape index (κ1) is 31.7. The number of nitrogens with one attached hydrogen (secondary N) is 1. The molecule has 5 aromatic rings. The Labute approximate surface area is 267 Å². The average Bonchev–Trinajstić information content (AvgIpc) is 3.47. The number of ether oxygens (including phenoxy) is 3. The summed E-state index contributed by atoms with van der Waals surface area (Å²) in [5.41, 5.74) is 3.90. The van der Waals surface area contributed by atoms with E-state index in [0.29, 0.717) is 59.9 Å². The van der Waals surface area contributed by atoms with E-state index in [1.165, 1.54) is 7.11 Å². The summed E-state index contributed by atoms with van der Waals surface area (Å²) < 4.78 is 22.2. The Kier molecular flexibility index (Phi) is 10.6. The van der Waals surface area contributed by atoms with Crippen LogP contribution in [-0.4, -0.2) is 49.4 Å². The number of oxazole rings is 1. The second-order valence-electron chi connectivity index (χ2n) is 10.4. The first-order valence-corrected chi connectivity index (χ1v) is 14.8. The Bertz CT molecular complexity index is 1780. The SMILES string of the molecule is COC(=O)C(Cc1ccc(OCCc2nc(-c3ccccc3)oc2C)cc1)Nc1ccccc1C(=O)c1cccc(OCC=O)c1. The number of nitrogens with zero attached hydrogens (tertiary/aromatic N) is 1. The predicted octanol–water partition coefficient (Wildman–Crippen LogP) is 6.28. The molecular weight excluding hydrogens is 584 g/mol. The third-order valence-corrected chi connectivity index (χ3v) is 7.29. The first-order chi connectivity index (χ1) is 22.4. The van der Waals surface area contributed by atoms with E-state index in [1.54, 1.807) is 48.5 Å². The number of rotatable bonds is 15. The van der Waals surface area contributed by atoms with E-state index in [0.717, 1.165) is 22.6 Å². The van der Waals surface area contributed by atoms with E-state index >= 15 is 0 Å². The van der Waals surface area contributed by atoms with Gasteiger partial charge in [0.05, 0.1) is 19.4 Å². The molecule has 0 aliphatic carbocycles. The molecule has 0 fully saturated rings. The highest BCUT2D eigenvalue weighted by molar-refractivity contribution is 6.12. The predicted molar refractivity (Wildman–Crippen MR) is 173 cm³/mol. The van der Waals surface area contributed by atoms with E-state index in [-0.39, 0.29) is 12.4 Å². The van der Waals surface area contributed by atoms with Gasteiger partial charge in [-0.3, -0.25) is 9.59 Å². The van der Waals surface area contributed by atoms with Gasteiger partial charge in [0.2, 0.25) is 5.89 Å². The van der Waals surface area contributed by atoms with Crippen LogP contribution in [0.3, 0.4) is 0 Å². The Balaban J connectivity index is 1.22.